The summed E-state index contributed by atoms with van der Waals surface area (Å²) in [4.78, 5) is 207. The van der Waals surface area contributed by atoms with E-state index in [2.05, 4.69) is 108 Å². The summed E-state index contributed by atoms with van der Waals surface area (Å²) in [5.41, 5.74) is 18.0. The van der Waals surface area contributed by atoms with E-state index >= 15 is 0 Å². The van der Waals surface area contributed by atoms with Gasteiger partial charge in [-0.05, 0) is 115 Å². The molecule has 0 aliphatic carbocycles. The number of urea groups is 6. The summed E-state index contributed by atoms with van der Waals surface area (Å²) in [5, 5.41) is 13.2. The lowest BCUT2D eigenvalue weighted by Crippen LogP contribution is -2.49. The van der Waals surface area contributed by atoms with Gasteiger partial charge in [-0.3, -0.25) is 105 Å². The lowest BCUT2D eigenvalue weighted by Gasteiger charge is -2.29. The summed E-state index contributed by atoms with van der Waals surface area (Å²) < 4.78 is 215. The molecule has 149 heavy (non-hydrogen) atoms. The number of aromatic amines is 2. The van der Waals surface area contributed by atoms with Crippen molar-refractivity contribution in [2.75, 3.05) is 45.9 Å². The van der Waals surface area contributed by atoms with Crippen LogP contribution in [-0.2, 0) is 179 Å². The van der Waals surface area contributed by atoms with E-state index < -0.39 is 213 Å². The molecule has 5 aromatic rings. The molecule has 12 fully saturated rings. The molecule has 77 heteroatoms. The van der Waals surface area contributed by atoms with Crippen LogP contribution in [0.4, 0.5) is 28.8 Å². The first-order valence-corrected chi connectivity index (χ1v) is 52.4. The van der Waals surface area contributed by atoms with Crippen LogP contribution in [0, 0.1) is 6.92 Å². The molecule has 820 valence electrons. The molecule has 1 unspecified atom stereocenters. The van der Waals surface area contributed by atoms with Crippen molar-refractivity contribution < 1.29 is 195 Å². The number of carbonyl (C=O) groups excluding carboxylic acids is 12. The number of aromatic nitrogens is 9. The molecule has 5 aromatic heterocycles. The maximum Gasteiger partial charge on any atom is 0.418 e. The van der Waals surface area contributed by atoms with Gasteiger partial charge < -0.3 is 43.5 Å². The normalized spacial score (nSPS) is 23.8. The number of hydrogen-bond donors (Lipinski definition) is 14. The van der Waals surface area contributed by atoms with Gasteiger partial charge in [0.2, 0.25) is 0 Å². The van der Waals surface area contributed by atoms with Gasteiger partial charge in [-0.2, -0.15) is 86.0 Å². The Bertz CT molecular complexity index is 6340. The molecule has 13 atom stereocenters. The van der Waals surface area contributed by atoms with Gasteiger partial charge in [0.25, 0.3) is 35.4 Å². The first kappa shape index (κ1) is 113. The number of fused-ring (bicyclic) bond motifs is 12. The summed E-state index contributed by atoms with van der Waals surface area (Å²) >= 11 is 0. The molecular formula is C72H98N28O43S6. The van der Waals surface area contributed by atoms with E-state index in [9.17, 15) is 108 Å². The average molecular weight is 2240 g/mol. The van der Waals surface area contributed by atoms with Crippen molar-refractivity contribution in [2.45, 2.75) is 209 Å². The Morgan fingerprint density at radius 1 is 0.443 bits per heavy atom. The Kier molecular flexibility index (Phi) is 36.8. The first-order valence-electron chi connectivity index (χ1n) is 44.3. The number of nitrogens with zero attached hydrogens (tertiary/aromatic N) is 20. The molecule has 0 spiro atoms. The maximum atomic E-state index is 12.3. The van der Waals surface area contributed by atoms with Gasteiger partial charge in [0.05, 0.1) is 78.7 Å². The number of aliphatic imine (C=N–C) groups is 1. The fourth-order valence-electron chi connectivity index (χ4n) is 17.1. The summed E-state index contributed by atoms with van der Waals surface area (Å²) in [6.45, 7) is 4.59. The van der Waals surface area contributed by atoms with Gasteiger partial charge in [-0.1, -0.05) is 5.16 Å². The van der Waals surface area contributed by atoms with Crippen LogP contribution in [0.1, 0.15) is 137 Å². The number of amides is 18. The van der Waals surface area contributed by atoms with E-state index in [-0.39, 0.29) is 72.3 Å². The number of nitrogens with one attached hydrogen (secondary N) is 8. The maximum absolute atomic E-state index is 12.3. The number of imidazole rings is 1. The van der Waals surface area contributed by atoms with Gasteiger partial charge in [0, 0.05) is 89.3 Å². The largest absolute Gasteiger partial charge is 0.418 e. The van der Waals surface area contributed by atoms with Crippen LogP contribution >= 0.6 is 0 Å². The van der Waals surface area contributed by atoms with E-state index in [4.69, 9.17) is 56.3 Å². The number of rotatable bonds is 37. The third-order valence-corrected chi connectivity index (χ3v) is 26.0. The SMILES string of the molecule is CC(ONC(=O)[C@@H]1CC[C@@H]2CN1C(=O)N2OS(=O)(=O)O)c1cnc[nH]1.Cc1cnc(CONC(=O)[C@@H]2CC[C@@H]3CN2C(=O)N3OS(=O)(=O)O)cn1.Cn1cccc1CONC(=O)[C@@H]1CC[C@@H]2CN1C(=O)N2OS(=O)(=O)O.O=C(NOCCC1=CN=CC1)[C@@H]1CC[C@@H]2CN1C(=O)N2OS(=O)(=O)O.O=C(NOCc1ccon1)[C@@H]1CC[C@@H]2CN1C(=O)N2OS(=O)(=O)O.O=C(NOCc1ncn[nH]1)[C@@H]1CC[C@@H]2CN1C(=O)N2OS(=O)(=O)O. The van der Waals surface area contributed by atoms with Crippen molar-refractivity contribution in [1.29, 1.82) is 0 Å². The summed E-state index contributed by atoms with van der Waals surface area (Å²) in [6.07, 6.45) is 18.9. The van der Waals surface area contributed by atoms with Gasteiger partial charge >= 0.3 is 98.6 Å². The average Bonchev–Trinajstić information content (AvgIpc) is 1.65. The van der Waals surface area contributed by atoms with Crippen LogP contribution in [0.25, 0.3) is 0 Å². The Balaban J connectivity index is 0.000000149. The van der Waals surface area contributed by atoms with Crippen LogP contribution in [0.2, 0.25) is 0 Å². The summed E-state index contributed by atoms with van der Waals surface area (Å²) in [5.74, 6) is -2.79. The molecule has 0 saturated carbocycles. The Labute approximate surface area is 842 Å². The lowest BCUT2D eigenvalue weighted by molar-refractivity contribution is -0.143. The lowest BCUT2D eigenvalue weighted by atomic mass is 10.0. The second kappa shape index (κ2) is 48.6. The monoisotopic (exact) mass is 2230 g/mol. The van der Waals surface area contributed by atoms with Crippen LogP contribution in [0.5, 0.6) is 0 Å². The van der Waals surface area contributed by atoms with Gasteiger partial charge in [-0.25, -0.2) is 71.6 Å². The van der Waals surface area contributed by atoms with E-state index in [1.807, 2.05) is 29.9 Å². The van der Waals surface area contributed by atoms with Crippen LogP contribution in [-0.4, -0.2) is 379 Å². The number of hydroxylamine groups is 18. The third kappa shape index (κ3) is 30.6. The fraction of sp³-hybridized carbons (Fsp3) is 0.569. The van der Waals surface area contributed by atoms with Crippen LogP contribution in [0.15, 0.2) is 83.2 Å². The number of H-pyrrole nitrogens is 2. The zero-order chi connectivity index (χ0) is 108. The minimum atomic E-state index is -4.82. The summed E-state index contributed by atoms with van der Waals surface area (Å²) in [6, 6.07) is -7.78. The van der Waals surface area contributed by atoms with Crippen molar-refractivity contribution in [3.8, 4) is 0 Å². The van der Waals surface area contributed by atoms with E-state index in [0.717, 1.165) is 33.2 Å². The molecular weight excluding hydrogens is 2140 g/mol. The molecule has 71 nitrogen and oxygen atoms in total. The number of hydrogen-bond acceptors (Lipinski definition) is 44. The number of aryl methyl sites for hydroxylation is 2. The van der Waals surface area contributed by atoms with Crippen LogP contribution < -0.4 is 32.9 Å². The third-order valence-electron chi connectivity index (χ3n) is 23.9. The highest BCUT2D eigenvalue weighted by atomic mass is 32.3. The van der Waals surface area contributed by atoms with Crippen LogP contribution in [0.3, 0.4) is 0 Å². The fourth-order valence-corrected chi connectivity index (χ4v) is 19.4. The van der Waals surface area contributed by atoms with E-state index in [1.54, 1.807) is 44.7 Å². The quantitative estimate of drug-likeness (QED) is 0.0102. The number of carbonyl (C=O) groups is 12. The van der Waals surface area contributed by atoms with Crippen molar-refractivity contribution in [3.63, 3.8) is 0 Å². The van der Waals surface area contributed by atoms with Gasteiger partial charge in [-0.15, -0.1) is 25.7 Å². The Morgan fingerprint density at radius 3 is 1.10 bits per heavy atom. The van der Waals surface area contributed by atoms with E-state index in [1.165, 1.54) is 44.7 Å². The first-order chi connectivity index (χ1) is 70.3. The second-order valence-electron chi connectivity index (χ2n) is 33.9. The van der Waals surface area contributed by atoms with Crippen molar-refractivity contribution >= 4 is 140 Å². The molecule has 13 aliphatic rings. The van der Waals surface area contributed by atoms with E-state index in [0.29, 0.717) is 137 Å². The standard InChI is InChI=1S/C13H17N5O7S.2C13H18N4O7S.C12H17N5O7S.C11H14N4O8S.C10H14N6O7S/c1-8-4-15-9(5-14-8)7-24-16-12(19)11-3-2-10-6-17(11)13(20)18(10)25-26(21,22)23;1-15-6-2-3-10(15)8-23-14-12(18)11-5-4-9-7-16(11)13(19)17(9)24-25(20,21)22;18-12(15-23-6-4-9-3-5-14-7-9)11-2-1-10-8-16(11)13(19)17(10)24-25(20,21)22;1-7(9-4-13-6-14-9)23-15-11(18)10-3-2-8-5-16(10)12(19)17(8)24-25(20,21)22;16-10(13-22-6-7-3-4-21-12-7)9-2-1-8-5-14(9)11(17)15(8)23-24(18,19)20;17-9(14-22-4-8-11-5-12-13-8)7-2-1-6-3-15(7)10(18)16(6)23-24(19,20)21/h4-5,10-11H,2-3,6-7H2,1H3,(H,16,19)(H,21,22,23);2-3,6,9,11H,4-5,7-8H2,1H3,(H,14,18)(H,20,21,22);5,7,10-11H,1-4,6,8H2,(H,15,18)(H,20,21,22);4,6-8,10H,2-3,5H2,1H3,(H,13,14)(H,15,18)(H,20,21,22);3-4,8-9H,1-2,5-6H2,(H,13,16)(H,18,19,20);5-7H,1-4H2,(H,14,17)(H,11,12,13)(H,19,20,21)/t10-,11+;9-,11+;10-,11+;7?,8-,10+;8-,9+;6-,7+/m111111/s1. The molecule has 18 heterocycles. The Morgan fingerprint density at radius 2 is 0.799 bits per heavy atom. The molecule has 13 aliphatic heterocycles. The summed E-state index contributed by atoms with van der Waals surface area (Å²) in [7, 11) is -27.1. The second-order valence-corrected chi connectivity index (χ2v) is 39.9. The molecule has 14 N–H and O–H groups in total. The minimum Gasteiger partial charge on any atom is -0.364 e. The zero-order valence-electron chi connectivity index (χ0n) is 77.8. The molecule has 12 bridgehead atoms. The highest BCUT2D eigenvalue weighted by molar-refractivity contribution is 7.82. The minimum absolute atomic E-state index is 0.000301. The molecule has 0 radical (unpaired) electrons. The highest BCUT2D eigenvalue weighted by Gasteiger charge is 2.56. The molecule has 18 amide bonds. The molecule has 0 aromatic carbocycles. The van der Waals surface area contributed by atoms with Gasteiger partial charge in [0.1, 0.15) is 87.1 Å². The molecule has 12 saturated heterocycles. The van der Waals surface area contributed by atoms with Crippen molar-refractivity contribution in [3.05, 3.63) is 108 Å². The smallest absolute Gasteiger partial charge is 0.364 e. The predicted octanol–water partition coefficient (Wildman–Crippen LogP) is -4.20. The highest BCUT2D eigenvalue weighted by Crippen LogP contribution is 2.38. The molecule has 18 rings (SSSR count). The predicted molar refractivity (Wildman–Crippen MR) is 473 cm³/mol. The Hall–Kier alpha value is -13.2. The number of piperidine rings is 6. The topological polar surface area (TPSA) is 892 Å². The zero-order valence-corrected chi connectivity index (χ0v) is 82.7. The van der Waals surface area contributed by atoms with Crippen molar-refractivity contribution in [1.82, 2.24) is 138 Å². The van der Waals surface area contributed by atoms with Gasteiger partial charge in [0.15, 0.2) is 5.82 Å². The van der Waals surface area contributed by atoms with Crippen molar-refractivity contribution in [2.24, 2.45) is 12.0 Å².